The third kappa shape index (κ3) is 6.55. The Morgan fingerprint density at radius 1 is 1.23 bits per heavy atom. The summed E-state index contributed by atoms with van der Waals surface area (Å²) in [6.07, 6.45) is -1.69. The number of hydrogen-bond donors (Lipinski definition) is 3. The molecule has 1 aromatic carbocycles. The van der Waals surface area contributed by atoms with E-state index in [2.05, 4.69) is 5.32 Å². The summed E-state index contributed by atoms with van der Waals surface area (Å²) in [4.78, 5) is 23.2. The number of ether oxygens (including phenoxy) is 2. The highest BCUT2D eigenvalue weighted by molar-refractivity contribution is 5.91. The fourth-order valence-corrected chi connectivity index (χ4v) is 1.42. The molecule has 7 heteroatoms. The van der Waals surface area contributed by atoms with Crippen LogP contribution in [0.4, 0.5) is 10.5 Å². The van der Waals surface area contributed by atoms with Crippen LogP contribution in [0.2, 0.25) is 0 Å². The van der Waals surface area contributed by atoms with E-state index in [-0.39, 0.29) is 12.2 Å². The third-order valence-corrected chi connectivity index (χ3v) is 2.38. The number of anilines is 1. The molecule has 0 aliphatic heterocycles. The van der Waals surface area contributed by atoms with Gasteiger partial charge in [0.05, 0.1) is 12.2 Å². The van der Waals surface area contributed by atoms with E-state index in [1.54, 1.807) is 20.8 Å². The molecule has 0 aromatic heterocycles. The average molecular weight is 311 g/mol. The molecule has 7 nitrogen and oxygen atoms in total. The lowest BCUT2D eigenvalue weighted by Gasteiger charge is -2.19. The van der Waals surface area contributed by atoms with Crippen molar-refractivity contribution in [2.24, 2.45) is 0 Å². The van der Waals surface area contributed by atoms with E-state index in [4.69, 9.17) is 19.7 Å². The Labute approximate surface area is 128 Å². The van der Waals surface area contributed by atoms with E-state index in [1.165, 1.54) is 24.3 Å². The second kappa shape index (κ2) is 7.77. The number of amides is 1. The molecule has 0 radical (unpaired) electrons. The van der Waals surface area contributed by atoms with Gasteiger partial charge >= 0.3 is 12.1 Å². The fraction of sp³-hybridized carbons (Fsp3) is 0.467. The van der Waals surface area contributed by atoms with Crippen LogP contribution in [0.15, 0.2) is 24.3 Å². The molecule has 0 saturated carbocycles. The first-order valence-corrected chi connectivity index (χ1v) is 6.77. The number of benzene rings is 1. The summed E-state index contributed by atoms with van der Waals surface area (Å²) in [5.74, 6) is -0.628. The SMILES string of the molecule is CC(C)(C)OC(=O)Nc1ccc(C(=O)OCC(O)CO)cc1. The van der Waals surface area contributed by atoms with Gasteiger partial charge in [0.25, 0.3) is 0 Å². The van der Waals surface area contributed by atoms with Gasteiger partial charge in [-0.2, -0.15) is 0 Å². The molecule has 1 amide bonds. The molecule has 22 heavy (non-hydrogen) atoms. The number of aliphatic hydroxyl groups is 2. The van der Waals surface area contributed by atoms with Gasteiger partial charge in [-0.1, -0.05) is 0 Å². The summed E-state index contributed by atoms with van der Waals surface area (Å²) in [6.45, 7) is 4.50. The van der Waals surface area contributed by atoms with Gasteiger partial charge in [-0.15, -0.1) is 0 Å². The van der Waals surface area contributed by atoms with Crippen LogP contribution in [-0.2, 0) is 9.47 Å². The Bertz CT molecular complexity index is 506. The maximum atomic E-state index is 11.7. The monoisotopic (exact) mass is 311 g/mol. The van der Waals surface area contributed by atoms with Crippen molar-refractivity contribution in [3.8, 4) is 0 Å². The molecule has 0 saturated heterocycles. The molecule has 3 N–H and O–H groups in total. The summed E-state index contributed by atoms with van der Waals surface area (Å²) in [6, 6.07) is 6.01. The second-order valence-corrected chi connectivity index (χ2v) is 5.64. The van der Waals surface area contributed by atoms with Gasteiger partial charge in [0.2, 0.25) is 0 Å². The minimum Gasteiger partial charge on any atom is -0.459 e. The Kier molecular flexibility index (Phi) is 6.33. The molecule has 1 aromatic rings. The van der Waals surface area contributed by atoms with Crippen LogP contribution >= 0.6 is 0 Å². The van der Waals surface area contributed by atoms with E-state index < -0.39 is 30.4 Å². The highest BCUT2D eigenvalue weighted by Crippen LogP contribution is 2.13. The molecular formula is C15H21NO6. The van der Waals surface area contributed by atoms with Crippen molar-refractivity contribution in [2.45, 2.75) is 32.5 Å². The summed E-state index contributed by atoms with van der Waals surface area (Å²) in [5, 5.41) is 20.3. The topological polar surface area (TPSA) is 105 Å². The third-order valence-electron chi connectivity index (χ3n) is 2.38. The number of aliphatic hydroxyl groups excluding tert-OH is 2. The van der Waals surface area contributed by atoms with Crippen molar-refractivity contribution >= 4 is 17.7 Å². The Hall–Kier alpha value is -2.12. The van der Waals surface area contributed by atoms with Crippen LogP contribution in [0.5, 0.6) is 0 Å². The Morgan fingerprint density at radius 2 is 1.82 bits per heavy atom. The zero-order chi connectivity index (χ0) is 16.8. The highest BCUT2D eigenvalue weighted by atomic mass is 16.6. The minimum absolute atomic E-state index is 0.264. The summed E-state index contributed by atoms with van der Waals surface area (Å²) < 4.78 is 9.91. The van der Waals surface area contributed by atoms with E-state index in [1.807, 2.05) is 0 Å². The number of rotatable bonds is 5. The van der Waals surface area contributed by atoms with Crippen molar-refractivity contribution in [3.05, 3.63) is 29.8 Å². The fourth-order valence-electron chi connectivity index (χ4n) is 1.42. The van der Waals surface area contributed by atoms with Gasteiger partial charge in [0, 0.05) is 5.69 Å². The van der Waals surface area contributed by atoms with E-state index in [0.717, 1.165) is 0 Å². The normalized spacial score (nSPS) is 12.4. The van der Waals surface area contributed by atoms with Gasteiger partial charge < -0.3 is 19.7 Å². The standard InChI is InChI=1S/C15H21NO6/c1-15(2,3)22-14(20)16-11-6-4-10(5-7-11)13(19)21-9-12(18)8-17/h4-7,12,17-18H,8-9H2,1-3H3,(H,16,20). The van der Waals surface area contributed by atoms with Crippen LogP contribution in [0.3, 0.4) is 0 Å². The molecule has 0 bridgehead atoms. The maximum Gasteiger partial charge on any atom is 0.412 e. The van der Waals surface area contributed by atoms with Crippen LogP contribution in [0.1, 0.15) is 31.1 Å². The van der Waals surface area contributed by atoms with E-state index in [9.17, 15) is 9.59 Å². The number of hydrogen-bond acceptors (Lipinski definition) is 6. The summed E-state index contributed by atoms with van der Waals surface area (Å²) >= 11 is 0. The minimum atomic E-state index is -1.10. The first kappa shape index (κ1) is 17.9. The van der Waals surface area contributed by atoms with Crippen molar-refractivity contribution in [1.29, 1.82) is 0 Å². The van der Waals surface area contributed by atoms with Crippen molar-refractivity contribution in [3.63, 3.8) is 0 Å². The molecular weight excluding hydrogens is 290 g/mol. The van der Waals surface area contributed by atoms with Gasteiger partial charge in [-0.25, -0.2) is 9.59 Å². The number of esters is 1. The van der Waals surface area contributed by atoms with Crippen molar-refractivity contribution in [1.82, 2.24) is 0 Å². The Balaban J connectivity index is 2.55. The maximum absolute atomic E-state index is 11.7. The lowest BCUT2D eigenvalue weighted by atomic mass is 10.2. The quantitative estimate of drug-likeness (QED) is 0.712. The largest absolute Gasteiger partial charge is 0.459 e. The van der Waals surface area contributed by atoms with Crippen LogP contribution in [0, 0.1) is 0 Å². The van der Waals surface area contributed by atoms with Gasteiger partial charge in [-0.05, 0) is 45.0 Å². The smallest absolute Gasteiger partial charge is 0.412 e. The molecule has 122 valence electrons. The number of nitrogens with one attached hydrogen (secondary N) is 1. The molecule has 0 heterocycles. The van der Waals surface area contributed by atoms with Gasteiger partial charge in [0.15, 0.2) is 0 Å². The number of carbonyl (C=O) groups excluding carboxylic acids is 2. The molecule has 0 fully saturated rings. The highest BCUT2D eigenvalue weighted by Gasteiger charge is 2.16. The second-order valence-electron chi connectivity index (χ2n) is 5.64. The molecule has 1 atom stereocenters. The average Bonchev–Trinajstić information content (AvgIpc) is 2.43. The van der Waals surface area contributed by atoms with Gasteiger partial charge in [-0.3, -0.25) is 5.32 Å². The van der Waals surface area contributed by atoms with E-state index >= 15 is 0 Å². The molecule has 0 aliphatic rings. The van der Waals surface area contributed by atoms with Gasteiger partial charge in [0.1, 0.15) is 18.3 Å². The lowest BCUT2D eigenvalue weighted by molar-refractivity contribution is 0.00933. The molecule has 1 rings (SSSR count). The zero-order valence-electron chi connectivity index (χ0n) is 12.8. The van der Waals surface area contributed by atoms with E-state index in [0.29, 0.717) is 5.69 Å². The first-order valence-electron chi connectivity index (χ1n) is 6.77. The van der Waals surface area contributed by atoms with Crippen LogP contribution in [-0.4, -0.2) is 47.2 Å². The molecule has 0 aliphatic carbocycles. The van der Waals surface area contributed by atoms with Crippen molar-refractivity contribution in [2.75, 3.05) is 18.5 Å². The first-order chi connectivity index (χ1) is 10.2. The zero-order valence-corrected chi connectivity index (χ0v) is 12.8. The van der Waals surface area contributed by atoms with Crippen molar-refractivity contribution < 1.29 is 29.3 Å². The van der Waals surface area contributed by atoms with Crippen LogP contribution in [0.25, 0.3) is 0 Å². The van der Waals surface area contributed by atoms with Crippen LogP contribution < -0.4 is 5.32 Å². The molecule has 0 spiro atoms. The molecule has 1 unspecified atom stereocenters. The summed E-state index contributed by atoms with van der Waals surface area (Å²) in [5.41, 5.74) is 0.141. The predicted molar refractivity (Wildman–Crippen MR) is 79.7 cm³/mol. The number of carbonyl (C=O) groups is 2. The Morgan fingerprint density at radius 3 is 2.32 bits per heavy atom. The predicted octanol–water partition coefficient (Wildman–Crippen LogP) is 1.54. The lowest BCUT2D eigenvalue weighted by Crippen LogP contribution is -2.27. The summed E-state index contributed by atoms with van der Waals surface area (Å²) in [7, 11) is 0.